The summed E-state index contributed by atoms with van der Waals surface area (Å²) in [6, 6.07) is 16.2. The molecule has 7 heteroatoms. The summed E-state index contributed by atoms with van der Waals surface area (Å²) in [6.07, 6.45) is 6.54. The highest BCUT2D eigenvalue weighted by Crippen LogP contribution is 2.33. The first kappa shape index (κ1) is 16.4. The molecule has 28 heavy (non-hydrogen) atoms. The van der Waals surface area contributed by atoms with Crippen LogP contribution in [-0.4, -0.2) is 37.5 Å². The van der Waals surface area contributed by atoms with Gasteiger partial charge in [-0.2, -0.15) is 10.2 Å². The molecule has 0 fully saturated rings. The summed E-state index contributed by atoms with van der Waals surface area (Å²) >= 11 is 0. The van der Waals surface area contributed by atoms with Crippen molar-refractivity contribution in [2.75, 3.05) is 7.11 Å². The molecule has 1 aliphatic rings. The number of benzene rings is 2. The zero-order valence-electron chi connectivity index (χ0n) is 15.4. The molecule has 0 aliphatic carbocycles. The third-order valence-electron chi connectivity index (χ3n) is 4.86. The van der Waals surface area contributed by atoms with E-state index in [0.717, 1.165) is 40.6 Å². The van der Waals surface area contributed by atoms with Gasteiger partial charge < -0.3 is 4.74 Å². The lowest BCUT2D eigenvalue weighted by Gasteiger charge is -2.10. The van der Waals surface area contributed by atoms with Crippen LogP contribution in [0.5, 0.6) is 5.75 Å². The molecule has 3 heterocycles. The summed E-state index contributed by atoms with van der Waals surface area (Å²) in [7, 11) is 1.66. The van der Waals surface area contributed by atoms with E-state index in [0.29, 0.717) is 6.42 Å². The fourth-order valence-electron chi connectivity index (χ4n) is 3.46. The van der Waals surface area contributed by atoms with E-state index in [9.17, 15) is 0 Å². The number of hydrogen-bond acceptors (Lipinski definition) is 5. The summed E-state index contributed by atoms with van der Waals surface area (Å²) < 4.78 is 9.09. The number of nitrogens with zero attached hydrogens (tertiary/aromatic N) is 6. The monoisotopic (exact) mass is 370 g/mol. The second-order valence-corrected chi connectivity index (χ2v) is 6.59. The molecule has 7 nitrogen and oxygen atoms in total. The van der Waals surface area contributed by atoms with E-state index in [4.69, 9.17) is 9.73 Å². The van der Waals surface area contributed by atoms with Gasteiger partial charge in [0.2, 0.25) is 0 Å². The number of fused-ring (bicyclic) bond motifs is 3. The van der Waals surface area contributed by atoms with Crippen molar-refractivity contribution >= 4 is 11.5 Å². The predicted molar refractivity (Wildman–Crippen MR) is 106 cm³/mol. The first-order chi connectivity index (χ1) is 13.8. The molecule has 4 aromatic rings. The van der Waals surface area contributed by atoms with Gasteiger partial charge in [0.1, 0.15) is 24.2 Å². The summed E-state index contributed by atoms with van der Waals surface area (Å²) in [6.45, 7) is 0. The van der Waals surface area contributed by atoms with Crippen LogP contribution in [0.4, 0.5) is 5.69 Å². The molecule has 0 spiro atoms. The lowest BCUT2D eigenvalue weighted by atomic mass is 10.0. The van der Waals surface area contributed by atoms with Crippen molar-refractivity contribution in [2.24, 2.45) is 4.99 Å². The van der Waals surface area contributed by atoms with Crippen LogP contribution in [0.1, 0.15) is 16.8 Å². The lowest BCUT2D eigenvalue weighted by Crippen LogP contribution is -2.17. The Morgan fingerprint density at radius 2 is 1.96 bits per heavy atom. The minimum absolute atomic E-state index is 0.600. The fraction of sp³-hybridized carbons (Fsp3) is 0.143. The minimum Gasteiger partial charge on any atom is -0.497 e. The molecular formula is C21H18N6O. The Kier molecular flexibility index (Phi) is 3.97. The summed E-state index contributed by atoms with van der Waals surface area (Å²) in [5.74, 6) is 1.57. The van der Waals surface area contributed by atoms with Gasteiger partial charge in [-0.25, -0.2) is 19.3 Å². The molecule has 0 amide bonds. The molecule has 5 rings (SSSR count). The van der Waals surface area contributed by atoms with E-state index < -0.39 is 0 Å². The van der Waals surface area contributed by atoms with Gasteiger partial charge in [0.05, 0.1) is 36.8 Å². The largest absolute Gasteiger partial charge is 0.497 e. The predicted octanol–water partition coefficient (Wildman–Crippen LogP) is 3.20. The number of methoxy groups -OCH3 is 1. The maximum Gasteiger partial charge on any atom is 0.138 e. The van der Waals surface area contributed by atoms with E-state index in [1.807, 2.05) is 35.1 Å². The van der Waals surface area contributed by atoms with Crippen molar-refractivity contribution in [3.05, 3.63) is 84.2 Å². The molecule has 1 aliphatic heterocycles. The number of rotatable bonds is 3. The van der Waals surface area contributed by atoms with Gasteiger partial charge in [0, 0.05) is 12.5 Å². The molecule has 0 bridgehead atoms. The number of ether oxygens (including phenoxy) is 1. The van der Waals surface area contributed by atoms with Crippen molar-refractivity contribution in [1.82, 2.24) is 24.5 Å². The molecule has 0 atom stereocenters. The van der Waals surface area contributed by atoms with Gasteiger partial charge in [-0.1, -0.05) is 30.3 Å². The second-order valence-electron chi connectivity index (χ2n) is 6.59. The zero-order valence-corrected chi connectivity index (χ0v) is 15.4. The minimum atomic E-state index is 0.600. The molecule has 0 saturated carbocycles. The molecule has 0 unspecified atom stereocenters. The van der Waals surface area contributed by atoms with Crippen molar-refractivity contribution in [1.29, 1.82) is 0 Å². The van der Waals surface area contributed by atoms with Crippen molar-refractivity contribution in [3.63, 3.8) is 0 Å². The standard InChI is InChI=1S/C21H18N6O/c1-28-17-7-8-18-20(10-17)27-19(11-21(25-18)26-14-22-13-24-26)16(12-23-27)9-15-5-3-2-4-6-15/h2-8,10,12-14H,9,11H2,1H3. The van der Waals surface area contributed by atoms with E-state index in [1.54, 1.807) is 18.1 Å². The van der Waals surface area contributed by atoms with Crippen LogP contribution in [0.2, 0.25) is 0 Å². The van der Waals surface area contributed by atoms with Crippen LogP contribution < -0.4 is 4.74 Å². The Hall–Kier alpha value is -3.74. The number of hydrogen-bond donors (Lipinski definition) is 0. The maximum absolute atomic E-state index is 5.42. The smallest absolute Gasteiger partial charge is 0.138 e. The van der Waals surface area contributed by atoms with Gasteiger partial charge in [-0.15, -0.1) is 0 Å². The highest BCUT2D eigenvalue weighted by Gasteiger charge is 2.22. The SMILES string of the molecule is COc1ccc2c(c1)-n1ncc(Cc3ccccc3)c1CC(n1cncn1)=N2. The number of aromatic nitrogens is 5. The van der Waals surface area contributed by atoms with Gasteiger partial charge in [-0.05, 0) is 23.3 Å². The van der Waals surface area contributed by atoms with Gasteiger partial charge in [-0.3, -0.25) is 0 Å². The lowest BCUT2D eigenvalue weighted by molar-refractivity contribution is 0.414. The average Bonchev–Trinajstić information content (AvgIpc) is 3.36. The topological polar surface area (TPSA) is 70.1 Å². The van der Waals surface area contributed by atoms with Gasteiger partial charge in [0.15, 0.2) is 0 Å². The Balaban J connectivity index is 1.66. The average molecular weight is 370 g/mol. The molecule has 2 aromatic carbocycles. The van der Waals surface area contributed by atoms with E-state index >= 15 is 0 Å². The first-order valence-electron chi connectivity index (χ1n) is 9.02. The van der Waals surface area contributed by atoms with E-state index in [2.05, 4.69) is 39.4 Å². The van der Waals surface area contributed by atoms with Crippen LogP contribution in [0.15, 0.2) is 72.4 Å². The van der Waals surface area contributed by atoms with E-state index in [-0.39, 0.29) is 0 Å². The highest BCUT2D eigenvalue weighted by molar-refractivity contribution is 5.90. The third-order valence-corrected chi connectivity index (χ3v) is 4.86. The molecular weight excluding hydrogens is 352 g/mol. The van der Waals surface area contributed by atoms with Crippen molar-refractivity contribution in [2.45, 2.75) is 12.8 Å². The fourth-order valence-corrected chi connectivity index (χ4v) is 3.46. The Bertz CT molecular complexity index is 1150. The second kappa shape index (κ2) is 6.77. The Morgan fingerprint density at radius 1 is 1.07 bits per heavy atom. The normalized spacial score (nSPS) is 12.7. The van der Waals surface area contributed by atoms with Crippen LogP contribution in [0, 0.1) is 0 Å². The summed E-state index contributed by atoms with van der Waals surface area (Å²) in [5.41, 5.74) is 5.20. The summed E-state index contributed by atoms with van der Waals surface area (Å²) in [4.78, 5) is 8.93. The van der Waals surface area contributed by atoms with Crippen LogP contribution in [-0.2, 0) is 12.8 Å². The van der Waals surface area contributed by atoms with Gasteiger partial charge >= 0.3 is 0 Å². The highest BCUT2D eigenvalue weighted by atomic mass is 16.5. The first-order valence-corrected chi connectivity index (χ1v) is 9.02. The quantitative estimate of drug-likeness (QED) is 0.555. The Labute approximate surface area is 161 Å². The van der Waals surface area contributed by atoms with Gasteiger partial charge in [0.25, 0.3) is 0 Å². The van der Waals surface area contributed by atoms with Crippen molar-refractivity contribution < 1.29 is 4.74 Å². The van der Waals surface area contributed by atoms with Crippen LogP contribution in [0.25, 0.3) is 5.69 Å². The van der Waals surface area contributed by atoms with Crippen LogP contribution in [0.3, 0.4) is 0 Å². The number of aliphatic imine (C=N–C) groups is 1. The van der Waals surface area contributed by atoms with Crippen molar-refractivity contribution in [3.8, 4) is 11.4 Å². The Morgan fingerprint density at radius 3 is 2.75 bits per heavy atom. The molecule has 0 saturated heterocycles. The zero-order chi connectivity index (χ0) is 18.9. The molecule has 2 aromatic heterocycles. The van der Waals surface area contributed by atoms with Crippen LogP contribution >= 0.6 is 0 Å². The molecule has 138 valence electrons. The molecule has 0 N–H and O–H groups in total. The molecule has 0 radical (unpaired) electrons. The third kappa shape index (κ3) is 2.87. The maximum atomic E-state index is 5.42. The summed E-state index contributed by atoms with van der Waals surface area (Å²) in [5, 5.41) is 8.97. The van der Waals surface area contributed by atoms with E-state index in [1.165, 1.54) is 11.9 Å².